The SMILES string of the molecule is CN=C(NCc1ccc(OC)nc1)N1CCN(C(=O)Cc2cccc(Cl)c2)CC1.I. The number of halogens is 2. The quantitative estimate of drug-likeness (QED) is 0.357. The number of piperazine rings is 1. The summed E-state index contributed by atoms with van der Waals surface area (Å²) in [5, 5.41) is 4.01. The Kier molecular flexibility index (Phi) is 9.64. The summed E-state index contributed by atoms with van der Waals surface area (Å²) < 4.78 is 5.08. The highest BCUT2D eigenvalue weighted by atomic mass is 127. The number of nitrogens with one attached hydrogen (secondary N) is 1. The van der Waals surface area contributed by atoms with Gasteiger partial charge in [0.15, 0.2) is 5.96 Å². The van der Waals surface area contributed by atoms with Gasteiger partial charge in [-0.3, -0.25) is 9.79 Å². The van der Waals surface area contributed by atoms with Crippen LogP contribution < -0.4 is 10.1 Å². The van der Waals surface area contributed by atoms with Crippen molar-refractivity contribution in [3.05, 3.63) is 58.7 Å². The molecule has 7 nitrogen and oxygen atoms in total. The number of amides is 1. The van der Waals surface area contributed by atoms with Crippen molar-refractivity contribution < 1.29 is 9.53 Å². The number of pyridine rings is 1. The van der Waals surface area contributed by atoms with E-state index in [0.717, 1.165) is 30.2 Å². The molecule has 2 aromatic rings. The minimum absolute atomic E-state index is 0. The molecule has 1 aromatic carbocycles. The predicted molar refractivity (Wildman–Crippen MR) is 130 cm³/mol. The molecular formula is C21H27ClIN5O2. The standard InChI is InChI=1S/C21H26ClN5O2.HI/c1-23-21(25-15-17-6-7-19(29-2)24-14-17)27-10-8-26(9-11-27)20(28)13-16-4-3-5-18(22)12-16;/h3-7,12,14H,8-11,13,15H2,1-2H3,(H,23,25);1H. The molecule has 0 saturated carbocycles. The molecule has 0 aliphatic carbocycles. The third-order valence-electron chi connectivity index (χ3n) is 4.85. The molecule has 0 spiro atoms. The Bertz CT molecular complexity index is 855. The molecule has 0 bridgehead atoms. The van der Waals surface area contributed by atoms with Gasteiger partial charge in [0.25, 0.3) is 0 Å². The van der Waals surface area contributed by atoms with Gasteiger partial charge in [-0.05, 0) is 23.3 Å². The summed E-state index contributed by atoms with van der Waals surface area (Å²) in [6, 6.07) is 11.3. The van der Waals surface area contributed by atoms with Crippen molar-refractivity contribution in [2.45, 2.75) is 13.0 Å². The van der Waals surface area contributed by atoms with E-state index in [4.69, 9.17) is 16.3 Å². The summed E-state index contributed by atoms with van der Waals surface area (Å²) in [6.45, 7) is 3.44. The van der Waals surface area contributed by atoms with Crippen LogP contribution in [-0.2, 0) is 17.8 Å². The first-order valence-electron chi connectivity index (χ1n) is 9.56. The van der Waals surface area contributed by atoms with E-state index in [2.05, 4.69) is 20.2 Å². The Labute approximate surface area is 199 Å². The Morgan fingerprint density at radius 2 is 1.90 bits per heavy atom. The van der Waals surface area contributed by atoms with E-state index in [1.54, 1.807) is 20.4 Å². The van der Waals surface area contributed by atoms with E-state index in [0.29, 0.717) is 37.0 Å². The van der Waals surface area contributed by atoms with Crippen LogP contribution in [0.25, 0.3) is 0 Å². The molecule has 0 unspecified atom stereocenters. The molecule has 1 aliphatic heterocycles. The largest absolute Gasteiger partial charge is 0.481 e. The van der Waals surface area contributed by atoms with Gasteiger partial charge in [-0.1, -0.05) is 29.8 Å². The third-order valence-corrected chi connectivity index (χ3v) is 5.08. The van der Waals surface area contributed by atoms with Crippen LogP contribution in [0.4, 0.5) is 0 Å². The van der Waals surface area contributed by atoms with Crippen molar-refractivity contribution in [2.75, 3.05) is 40.3 Å². The number of methoxy groups -OCH3 is 1. The van der Waals surface area contributed by atoms with Crippen LogP contribution in [0.15, 0.2) is 47.6 Å². The number of benzene rings is 1. The summed E-state index contributed by atoms with van der Waals surface area (Å²) in [5.74, 6) is 1.54. The first kappa shape index (κ1) is 24.2. The molecule has 0 radical (unpaired) electrons. The van der Waals surface area contributed by atoms with Crippen LogP contribution >= 0.6 is 35.6 Å². The van der Waals surface area contributed by atoms with Crippen molar-refractivity contribution in [1.29, 1.82) is 0 Å². The fraction of sp³-hybridized carbons (Fsp3) is 0.381. The van der Waals surface area contributed by atoms with Gasteiger partial charge < -0.3 is 19.9 Å². The van der Waals surface area contributed by atoms with Crippen LogP contribution in [0.3, 0.4) is 0 Å². The number of ether oxygens (including phenoxy) is 1. The monoisotopic (exact) mass is 543 g/mol. The van der Waals surface area contributed by atoms with Crippen LogP contribution in [0.1, 0.15) is 11.1 Å². The first-order chi connectivity index (χ1) is 14.1. The predicted octanol–water partition coefficient (Wildman–Crippen LogP) is 2.82. The number of carbonyl (C=O) groups excluding carboxylic acids is 1. The van der Waals surface area contributed by atoms with Crippen LogP contribution in [0.2, 0.25) is 5.02 Å². The average molecular weight is 544 g/mol. The van der Waals surface area contributed by atoms with Crippen LogP contribution in [0.5, 0.6) is 5.88 Å². The van der Waals surface area contributed by atoms with Crippen molar-refractivity contribution in [3.8, 4) is 5.88 Å². The molecule has 30 heavy (non-hydrogen) atoms. The third kappa shape index (κ3) is 6.73. The minimum atomic E-state index is 0. The topological polar surface area (TPSA) is 70.1 Å². The van der Waals surface area contributed by atoms with Gasteiger partial charge >= 0.3 is 0 Å². The Morgan fingerprint density at radius 3 is 2.50 bits per heavy atom. The smallest absolute Gasteiger partial charge is 0.227 e. The number of aromatic nitrogens is 1. The Hall–Kier alpha value is -2.07. The van der Waals surface area contributed by atoms with E-state index in [-0.39, 0.29) is 29.9 Å². The maximum Gasteiger partial charge on any atom is 0.227 e. The van der Waals surface area contributed by atoms with E-state index < -0.39 is 0 Å². The van der Waals surface area contributed by atoms with Crippen molar-refractivity contribution in [3.63, 3.8) is 0 Å². The highest BCUT2D eigenvalue weighted by Crippen LogP contribution is 2.13. The summed E-state index contributed by atoms with van der Waals surface area (Å²) in [6.07, 6.45) is 2.16. The molecule has 1 aliphatic rings. The van der Waals surface area contributed by atoms with Crippen molar-refractivity contribution in [2.24, 2.45) is 4.99 Å². The number of hydrogen-bond donors (Lipinski definition) is 1. The minimum Gasteiger partial charge on any atom is -0.481 e. The van der Waals surface area contributed by atoms with Crippen molar-refractivity contribution >= 4 is 47.4 Å². The van der Waals surface area contributed by atoms with Gasteiger partial charge in [0.1, 0.15) is 0 Å². The highest BCUT2D eigenvalue weighted by molar-refractivity contribution is 14.0. The van der Waals surface area contributed by atoms with E-state index >= 15 is 0 Å². The number of rotatable bonds is 5. The number of guanidine groups is 1. The van der Waals surface area contributed by atoms with Gasteiger partial charge in [-0.25, -0.2) is 4.98 Å². The lowest BCUT2D eigenvalue weighted by atomic mass is 10.1. The molecule has 9 heteroatoms. The zero-order valence-electron chi connectivity index (χ0n) is 17.2. The molecular weight excluding hydrogens is 517 g/mol. The zero-order valence-corrected chi connectivity index (χ0v) is 20.3. The first-order valence-corrected chi connectivity index (χ1v) is 9.93. The normalized spacial score (nSPS) is 14.2. The van der Waals surface area contributed by atoms with Gasteiger partial charge in [0, 0.05) is 57.1 Å². The van der Waals surface area contributed by atoms with Gasteiger partial charge in [-0.2, -0.15) is 0 Å². The molecule has 1 fully saturated rings. The molecule has 2 heterocycles. The summed E-state index contributed by atoms with van der Waals surface area (Å²) >= 11 is 6.01. The second-order valence-corrected chi connectivity index (χ2v) is 7.22. The maximum atomic E-state index is 12.6. The molecule has 1 N–H and O–H groups in total. The molecule has 1 amide bonds. The van der Waals surface area contributed by atoms with Crippen molar-refractivity contribution in [1.82, 2.24) is 20.1 Å². The lowest BCUT2D eigenvalue weighted by Gasteiger charge is -2.36. The Morgan fingerprint density at radius 1 is 1.17 bits per heavy atom. The fourth-order valence-corrected chi connectivity index (χ4v) is 3.46. The number of carbonyl (C=O) groups is 1. The van der Waals surface area contributed by atoms with Crippen LogP contribution in [-0.4, -0.2) is 67.0 Å². The van der Waals surface area contributed by atoms with Gasteiger partial charge in [-0.15, -0.1) is 24.0 Å². The van der Waals surface area contributed by atoms with E-state index in [1.165, 1.54) is 0 Å². The molecule has 1 aromatic heterocycles. The fourth-order valence-electron chi connectivity index (χ4n) is 3.25. The number of aliphatic imine (C=N–C) groups is 1. The second kappa shape index (κ2) is 11.9. The molecule has 1 saturated heterocycles. The van der Waals surface area contributed by atoms with Crippen LogP contribution in [0, 0.1) is 0 Å². The lowest BCUT2D eigenvalue weighted by molar-refractivity contribution is -0.131. The van der Waals surface area contributed by atoms with E-state index in [1.807, 2.05) is 41.3 Å². The lowest BCUT2D eigenvalue weighted by Crippen LogP contribution is -2.53. The maximum absolute atomic E-state index is 12.6. The van der Waals surface area contributed by atoms with E-state index in [9.17, 15) is 4.79 Å². The second-order valence-electron chi connectivity index (χ2n) is 6.78. The van der Waals surface area contributed by atoms with Gasteiger partial charge in [0.05, 0.1) is 13.5 Å². The number of nitrogens with zero attached hydrogens (tertiary/aromatic N) is 4. The molecule has 3 rings (SSSR count). The number of hydrogen-bond acceptors (Lipinski definition) is 4. The molecule has 162 valence electrons. The average Bonchev–Trinajstić information content (AvgIpc) is 2.75. The summed E-state index contributed by atoms with van der Waals surface area (Å²) in [4.78, 5) is 25.2. The highest BCUT2D eigenvalue weighted by Gasteiger charge is 2.23. The summed E-state index contributed by atoms with van der Waals surface area (Å²) in [5.41, 5.74) is 1.98. The van der Waals surface area contributed by atoms with Gasteiger partial charge in [0.2, 0.25) is 11.8 Å². The Balaban J connectivity index is 0.00000320. The summed E-state index contributed by atoms with van der Waals surface area (Å²) in [7, 11) is 3.37. The zero-order chi connectivity index (χ0) is 20.6. The molecule has 0 atom stereocenters.